The number of nitrogens with zero attached hydrogens (tertiary/aromatic N) is 2. The molecule has 0 aromatic carbocycles. The zero-order chi connectivity index (χ0) is 13.7. The van der Waals surface area contributed by atoms with Gasteiger partial charge < -0.3 is 10.6 Å². The largest absolute Gasteiger partial charge is 0.366 e. The van der Waals surface area contributed by atoms with E-state index >= 15 is 0 Å². The summed E-state index contributed by atoms with van der Waals surface area (Å²) in [4.78, 5) is 8.92. The van der Waals surface area contributed by atoms with Gasteiger partial charge in [-0.1, -0.05) is 13.3 Å². The van der Waals surface area contributed by atoms with Gasteiger partial charge in [-0.05, 0) is 32.4 Å². The maximum Gasteiger partial charge on any atom is 0.224 e. The Bertz CT molecular complexity index is 410. The molecule has 1 saturated carbocycles. The Hall–Kier alpha value is -0.970. The zero-order valence-electron chi connectivity index (χ0n) is 12.1. The Labute approximate surface area is 120 Å². The van der Waals surface area contributed by atoms with Gasteiger partial charge in [0.25, 0.3) is 0 Å². The number of anilines is 2. The van der Waals surface area contributed by atoms with Crippen LogP contribution in [0.25, 0.3) is 0 Å². The smallest absolute Gasteiger partial charge is 0.224 e. The van der Waals surface area contributed by atoms with E-state index in [0.717, 1.165) is 30.3 Å². The van der Waals surface area contributed by atoms with Crippen LogP contribution in [0.3, 0.4) is 0 Å². The molecule has 1 aliphatic rings. The van der Waals surface area contributed by atoms with E-state index in [1.807, 2.05) is 18.0 Å². The number of hydrogen-bond donors (Lipinski definition) is 2. The van der Waals surface area contributed by atoms with Crippen molar-refractivity contribution in [1.29, 1.82) is 0 Å². The number of thioether (sulfide) groups is 1. The highest BCUT2D eigenvalue weighted by Crippen LogP contribution is 2.31. The van der Waals surface area contributed by atoms with Gasteiger partial charge in [0.15, 0.2) is 0 Å². The molecule has 1 heterocycles. The summed E-state index contributed by atoms with van der Waals surface area (Å²) in [6.45, 7) is 5.12. The number of hydrogen-bond acceptors (Lipinski definition) is 5. The SMILES string of the molecule is CCCNc1ncc(C)c(NC2CCCC2SC)n1. The van der Waals surface area contributed by atoms with Crippen molar-refractivity contribution in [2.24, 2.45) is 0 Å². The summed E-state index contributed by atoms with van der Waals surface area (Å²) in [5.74, 6) is 1.72. The summed E-state index contributed by atoms with van der Waals surface area (Å²) in [6, 6.07) is 0.544. The van der Waals surface area contributed by atoms with Crippen LogP contribution in [0.4, 0.5) is 11.8 Å². The average molecular weight is 280 g/mol. The predicted molar refractivity (Wildman–Crippen MR) is 84.1 cm³/mol. The van der Waals surface area contributed by atoms with Gasteiger partial charge in [-0.25, -0.2) is 4.98 Å². The molecule has 0 saturated heterocycles. The van der Waals surface area contributed by atoms with Crippen LogP contribution < -0.4 is 10.6 Å². The van der Waals surface area contributed by atoms with Crippen molar-refractivity contribution in [3.05, 3.63) is 11.8 Å². The van der Waals surface area contributed by atoms with E-state index in [1.165, 1.54) is 19.3 Å². The van der Waals surface area contributed by atoms with E-state index in [1.54, 1.807) is 0 Å². The molecule has 1 fully saturated rings. The summed E-state index contributed by atoms with van der Waals surface area (Å²) in [5.41, 5.74) is 1.12. The van der Waals surface area contributed by atoms with Gasteiger partial charge in [-0.15, -0.1) is 0 Å². The van der Waals surface area contributed by atoms with Gasteiger partial charge in [-0.2, -0.15) is 16.7 Å². The third kappa shape index (κ3) is 3.75. The van der Waals surface area contributed by atoms with Gasteiger partial charge >= 0.3 is 0 Å². The molecule has 1 aromatic heterocycles. The first-order valence-corrected chi connectivity index (χ1v) is 8.40. The van der Waals surface area contributed by atoms with E-state index in [-0.39, 0.29) is 0 Å². The topological polar surface area (TPSA) is 49.8 Å². The van der Waals surface area contributed by atoms with Crippen LogP contribution in [0.15, 0.2) is 6.20 Å². The van der Waals surface area contributed by atoms with E-state index in [9.17, 15) is 0 Å². The predicted octanol–water partition coefficient (Wildman–Crippen LogP) is 3.30. The van der Waals surface area contributed by atoms with Gasteiger partial charge in [-0.3, -0.25) is 0 Å². The Kier molecular flexibility index (Phi) is 5.31. The fraction of sp³-hybridized carbons (Fsp3) is 0.714. The van der Waals surface area contributed by atoms with Crippen LogP contribution in [-0.4, -0.2) is 34.1 Å². The van der Waals surface area contributed by atoms with Gasteiger partial charge in [0.05, 0.1) is 0 Å². The third-order valence-corrected chi connectivity index (χ3v) is 4.75. The van der Waals surface area contributed by atoms with E-state index in [2.05, 4.69) is 40.7 Å². The molecule has 2 unspecified atom stereocenters. The van der Waals surface area contributed by atoms with Crippen LogP contribution in [0.5, 0.6) is 0 Å². The van der Waals surface area contributed by atoms with Crippen LogP contribution >= 0.6 is 11.8 Å². The van der Waals surface area contributed by atoms with Crippen molar-refractivity contribution < 1.29 is 0 Å². The van der Waals surface area contributed by atoms with Crippen molar-refractivity contribution in [2.75, 3.05) is 23.4 Å². The molecule has 1 aromatic rings. The number of nitrogens with one attached hydrogen (secondary N) is 2. The van der Waals surface area contributed by atoms with Crippen LogP contribution in [0.1, 0.15) is 38.2 Å². The third-order valence-electron chi connectivity index (χ3n) is 3.58. The second-order valence-corrected chi connectivity index (χ2v) is 6.18. The molecule has 0 radical (unpaired) electrons. The lowest BCUT2D eigenvalue weighted by Gasteiger charge is -2.21. The van der Waals surface area contributed by atoms with Crippen molar-refractivity contribution >= 4 is 23.5 Å². The van der Waals surface area contributed by atoms with Gasteiger partial charge in [0.1, 0.15) is 5.82 Å². The molecule has 19 heavy (non-hydrogen) atoms. The Morgan fingerprint density at radius 2 is 2.26 bits per heavy atom. The van der Waals surface area contributed by atoms with Crippen molar-refractivity contribution in [3.8, 4) is 0 Å². The molecule has 1 aliphatic carbocycles. The van der Waals surface area contributed by atoms with E-state index in [0.29, 0.717) is 11.3 Å². The van der Waals surface area contributed by atoms with E-state index < -0.39 is 0 Å². The fourth-order valence-electron chi connectivity index (χ4n) is 2.46. The summed E-state index contributed by atoms with van der Waals surface area (Å²) >= 11 is 1.96. The molecule has 2 atom stereocenters. The quantitative estimate of drug-likeness (QED) is 0.837. The first-order chi connectivity index (χ1) is 9.24. The normalized spacial score (nSPS) is 22.5. The van der Waals surface area contributed by atoms with Crippen molar-refractivity contribution in [3.63, 3.8) is 0 Å². The lowest BCUT2D eigenvalue weighted by molar-refractivity contribution is 0.761. The lowest BCUT2D eigenvalue weighted by atomic mass is 10.2. The monoisotopic (exact) mass is 280 g/mol. The number of aromatic nitrogens is 2. The highest BCUT2D eigenvalue weighted by Gasteiger charge is 2.27. The number of rotatable bonds is 6. The summed E-state index contributed by atoms with van der Waals surface area (Å²) < 4.78 is 0. The standard InChI is InChI=1S/C14H24N4S/c1-4-8-15-14-16-9-10(2)13(18-14)17-11-6-5-7-12(11)19-3/h9,11-12H,4-8H2,1-3H3,(H2,15,16,17,18). The van der Waals surface area contributed by atoms with Gasteiger partial charge in [0, 0.05) is 29.6 Å². The maximum absolute atomic E-state index is 4.60. The number of aryl methyl sites for hydroxylation is 1. The van der Waals surface area contributed by atoms with Crippen LogP contribution in [0.2, 0.25) is 0 Å². The summed E-state index contributed by atoms with van der Waals surface area (Å²) in [5, 5.41) is 7.57. The average Bonchev–Trinajstić information content (AvgIpc) is 2.87. The molecular weight excluding hydrogens is 256 g/mol. The molecule has 4 nitrogen and oxygen atoms in total. The minimum absolute atomic E-state index is 0.544. The lowest BCUT2D eigenvalue weighted by Crippen LogP contribution is -2.27. The summed E-state index contributed by atoms with van der Waals surface area (Å²) in [7, 11) is 0. The molecule has 2 N–H and O–H groups in total. The minimum atomic E-state index is 0.544. The molecule has 0 amide bonds. The van der Waals surface area contributed by atoms with Crippen LogP contribution in [-0.2, 0) is 0 Å². The Balaban J connectivity index is 2.05. The molecule has 2 rings (SSSR count). The maximum atomic E-state index is 4.60. The first kappa shape index (κ1) is 14.4. The molecule has 0 aliphatic heterocycles. The molecule has 0 bridgehead atoms. The highest BCUT2D eigenvalue weighted by molar-refractivity contribution is 7.99. The molecular formula is C14H24N4S. The van der Waals surface area contributed by atoms with Gasteiger partial charge in [0.2, 0.25) is 5.95 Å². The fourth-order valence-corrected chi connectivity index (χ4v) is 3.39. The van der Waals surface area contributed by atoms with E-state index in [4.69, 9.17) is 0 Å². The molecule has 5 heteroatoms. The van der Waals surface area contributed by atoms with Crippen molar-refractivity contribution in [1.82, 2.24) is 9.97 Å². The van der Waals surface area contributed by atoms with Crippen molar-refractivity contribution in [2.45, 2.75) is 50.8 Å². The zero-order valence-corrected chi connectivity index (χ0v) is 12.9. The first-order valence-electron chi connectivity index (χ1n) is 7.11. The second kappa shape index (κ2) is 6.98. The Morgan fingerprint density at radius 1 is 1.42 bits per heavy atom. The highest BCUT2D eigenvalue weighted by atomic mass is 32.2. The summed E-state index contributed by atoms with van der Waals surface area (Å²) in [6.07, 6.45) is 9.05. The molecule has 0 spiro atoms. The second-order valence-electron chi connectivity index (χ2n) is 5.11. The van der Waals surface area contributed by atoms with Crippen LogP contribution in [0, 0.1) is 6.92 Å². The molecule has 106 valence electrons. The minimum Gasteiger partial charge on any atom is -0.366 e. The Morgan fingerprint density at radius 3 is 3.00 bits per heavy atom.